The summed E-state index contributed by atoms with van der Waals surface area (Å²) in [5, 5.41) is 3.56. The Morgan fingerprint density at radius 1 is 1.08 bits per heavy atom. The van der Waals surface area contributed by atoms with Crippen LogP contribution in [0.15, 0.2) is 55.1 Å². The number of carbonyl (C=O) groups excluding carboxylic acids is 1. The van der Waals surface area contributed by atoms with Crippen LogP contribution in [0.25, 0.3) is 0 Å². The topological polar surface area (TPSA) is 118 Å². The summed E-state index contributed by atoms with van der Waals surface area (Å²) < 4.78 is 0. The summed E-state index contributed by atoms with van der Waals surface area (Å²) in [5.74, 6) is 0.245. The SMILES string of the molecule is Nc1c(NNC(=O)c2cccnc2)ncnc1Nc1ccccc1Cl. The molecule has 0 fully saturated rings. The van der Waals surface area contributed by atoms with E-state index in [0.29, 0.717) is 22.1 Å². The minimum absolute atomic E-state index is 0.230. The highest BCUT2D eigenvalue weighted by molar-refractivity contribution is 6.33. The van der Waals surface area contributed by atoms with Crippen LogP contribution in [0.2, 0.25) is 5.02 Å². The van der Waals surface area contributed by atoms with Gasteiger partial charge in [-0.25, -0.2) is 9.97 Å². The van der Waals surface area contributed by atoms with Crippen LogP contribution in [-0.2, 0) is 0 Å². The minimum Gasteiger partial charge on any atom is -0.393 e. The van der Waals surface area contributed by atoms with Crippen LogP contribution in [0.5, 0.6) is 0 Å². The number of pyridine rings is 1. The number of nitrogens with zero attached hydrogens (tertiary/aromatic N) is 3. The first-order valence-corrected chi connectivity index (χ1v) is 7.61. The summed E-state index contributed by atoms with van der Waals surface area (Å²) in [4.78, 5) is 24.0. The summed E-state index contributed by atoms with van der Waals surface area (Å²) in [5.41, 5.74) is 12.5. The molecule has 0 unspecified atom stereocenters. The molecule has 0 saturated carbocycles. The molecular formula is C16H14ClN7O. The fourth-order valence-corrected chi connectivity index (χ4v) is 2.15. The van der Waals surface area contributed by atoms with Crippen LogP contribution in [0, 0.1) is 0 Å². The third kappa shape index (κ3) is 3.93. The predicted molar refractivity (Wildman–Crippen MR) is 96.5 cm³/mol. The van der Waals surface area contributed by atoms with Gasteiger partial charge in [0.15, 0.2) is 11.6 Å². The molecule has 3 aromatic rings. The number of amides is 1. The normalized spacial score (nSPS) is 10.1. The van der Waals surface area contributed by atoms with Gasteiger partial charge >= 0.3 is 0 Å². The number of para-hydroxylation sites is 1. The fraction of sp³-hybridized carbons (Fsp3) is 0. The lowest BCUT2D eigenvalue weighted by Crippen LogP contribution is -2.30. The highest BCUT2D eigenvalue weighted by Crippen LogP contribution is 2.29. The molecule has 0 saturated heterocycles. The molecule has 0 aliphatic rings. The van der Waals surface area contributed by atoms with Crippen molar-refractivity contribution in [1.29, 1.82) is 0 Å². The molecular weight excluding hydrogens is 342 g/mol. The molecule has 8 nitrogen and oxygen atoms in total. The minimum atomic E-state index is -0.369. The summed E-state index contributed by atoms with van der Waals surface area (Å²) in [6, 6.07) is 10.5. The van der Waals surface area contributed by atoms with Gasteiger partial charge in [0, 0.05) is 12.4 Å². The van der Waals surface area contributed by atoms with Crippen molar-refractivity contribution in [2.75, 3.05) is 16.5 Å². The van der Waals surface area contributed by atoms with Crippen molar-refractivity contribution in [3.63, 3.8) is 0 Å². The average molecular weight is 356 g/mol. The zero-order valence-electron chi connectivity index (χ0n) is 12.9. The van der Waals surface area contributed by atoms with E-state index in [-0.39, 0.29) is 17.4 Å². The van der Waals surface area contributed by atoms with Gasteiger partial charge in [0.2, 0.25) is 0 Å². The first-order valence-electron chi connectivity index (χ1n) is 7.23. The van der Waals surface area contributed by atoms with Crippen molar-refractivity contribution in [2.24, 2.45) is 0 Å². The van der Waals surface area contributed by atoms with Crippen molar-refractivity contribution >= 4 is 40.5 Å². The number of anilines is 4. The predicted octanol–water partition coefficient (Wildman–Crippen LogP) is 2.61. The van der Waals surface area contributed by atoms with Crippen molar-refractivity contribution in [1.82, 2.24) is 20.4 Å². The van der Waals surface area contributed by atoms with Gasteiger partial charge in [0.25, 0.3) is 5.91 Å². The Balaban J connectivity index is 1.73. The summed E-state index contributed by atoms with van der Waals surface area (Å²) in [6.07, 6.45) is 4.35. The van der Waals surface area contributed by atoms with E-state index in [9.17, 15) is 4.79 Å². The number of hydrogen-bond donors (Lipinski definition) is 4. The second kappa shape index (κ2) is 7.45. The number of nitrogens with one attached hydrogen (secondary N) is 3. The third-order valence-electron chi connectivity index (χ3n) is 3.23. The lowest BCUT2D eigenvalue weighted by atomic mass is 10.3. The highest BCUT2D eigenvalue weighted by atomic mass is 35.5. The zero-order chi connectivity index (χ0) is 17.6. The fourth-order valence-electron chi connectivity index (χ4n) is 1.97. The number of nitrogen functional groups attached to an aromatic ring is 1. The molecule has 0 aliphatic heterocycles. The second-order valence-corrected chi connectivity index (χ2v) is 5.32. The van der Waals surface area contributed by atoms with E-state index in [2.05, 4.69) is 31.1 Å². The first-order chi connectivity index (χ1) is 12.1. The van der Waals surface area contributed by atoms with Crippen LogP contribution in [0.3, 0.4) is 0 Å². The number of rotatable bonds is 5. The molecule has 0 radical (unpaired) electrons. The Morgan fingerprint density at radius 3 is 2.64 bits per heavy atom. The van der Waals surface area contributed by atoms with Gasteiger partial charge in [0.05, 0.1) is 16.3 Å². The average Bonchev–Trinajstić information content (AvgIpc) is 2.64. The quantitative estimate of drug-likeness (QED) is 0.519. The van der Waals surface area contributed by atoms with Crippen molar-refractivity contribution < 1.29 is 4.79 Å². The standard InChI is InChI=1S/C16H14ClN7O/c17-11-5-1-2-6-12(11)22-14-13(18)15(21-9-20-14)23-24-16(25)10-4-3-7-19-8-10/h1-9H,18H2,(H,24,25)(H2,20,21,22,23). The van der Waals surface area contributed by atoms with Crippen LogP contribution >= 0.6 is 11.6 Å². The lowest BCUT2D eigenvalue weighted by molar-refractivity contribution is 0.0962. The van der Waals surface area contributed by atoms with E-state index in [4.69, 9.17) is 17.3 Å². The van der Waals surface area contributed by atoms with E-state index < -0.39 is 0 Å². The van der Waals surface area contributed by atoms with Crippen LogP contribution in [0.4, 0.5) is 23.0 Å². The van der Waals surface area contributed by atoms with Gasteiger partial charge in [0.1, 0.15) is 12.0 Å². The molecule has 5 N–H and O–H groups in total. The van der Waals surface area contributed by atoms with E-state index in [1.165, 1.54) is 12.5 Å². The number of nitrogens with two attached hydrogens (primary N) is 1. The summed E-state index contributed by atoms with van der Waals surface area (Å²) in [6.45, 7) is 0. The molecule has 0 aliphatic carbocycles. The van der Waals surface area contributed by atoms with Crippen molar-refractivity contribution in [3.05, 3.63) is 65.7 Å². The maximum absolute atomic E-state index is 12.0. The summed E-state index contributed by atoms with van der Waals surface area (Å²) >= 11 is 6.11. The second-order valence-electron chi connectivity index (χ2n) is 4.91. The number of aromatic nitrogens is 3. The number of carbonyl (C=O) groups is 1. The molecule has 0 atom stereocenters. The largest absolute Gasteiger partial charge is 0.393 e. The van der Waals surface area contributed by atoms with Crippen LogP contribution < -0.4 is 21.9 Å². The van der Waals surface area contributed by atoms with Crippen LogP contribution in [0.1, 0.15) is 10.4 Å². The Hall–Kier alpha value is -3.39. The van der Waals surface area contributed by atoms with E-state index in [1.54, 1.807) is 30.5 Å². The van der Waals surface area contributed by atoms with Gasteiger partial charge in [-0.15, -0.1) is 0 Å². The monoisotopic (exact) mass is 355 g/mol. The zero-order valence-corrected chi connectivity index (χ0v) is 13.7. The Labute approximate surface area is 148 Å². The van der Waals surface area contributed by atoms with E-state index >= 15 is 0 Å². The van der Waals surface area contributed by atoms with Gasteiger partial charge in [-0.05, 0) is 24.3 Å². The van der Waals surface area contributed by atoms with Crippen LogP contribution in [-0.4, -0.2) is 20.9 Å². The molecule has 2 aromatic heterocycles. The third-order valence-corrected chi connectivity index (χ3v) is 3.56. The number of halogens is 1. The smallest absolute Gasteiger partial charge is 0.271 e. The maximum atomic E-state index is 12.0. The number of benzene rings is 1. The molecule has 1 aromatic carbocycles. The molecule has 0 spiro atoms. The molecule has 0 bridgehead atoms. The maximum Gasteiger partial charge on any atom is 0.271 e. The van der Waals surface area contributed by atoms with Gasteiger partial charge in [-0.2, -0.15) is 0 Å². The van der Waals surface area contributed by atoms with E-state index in [1.807, 2.05) is 12.1 Å². The number of hydrazine groups is 1. The van der Waals surface area contributed by atoms with Crippen molar-refractivity contribution in [2.45, 2.75) is 0 Å². The summed E-state index contributed by atoms with van der Waals surface area (Å²) in [7, 11) is 0. The number of hydrogen-bond acceptors (Lipinski definition) is 7. The van der Waals surface area contributed by atoms with Crippen molar-refractivity contribution in [3.8, 4) is 0 Å². The molecule has 126 valence electrons. The van der Waals surface area contributed by atoms with E-state index in [0.717, 1.165) is 0 Å². The molecule has 2 heterocycles. The Morgan fingerprint density at radius 2 is 1.88 bits per heavy atom. The first kappa shape index (κ1) is 16.5. The lowest BCUT2D eigenvalue weighted by Gasteiger charge is -2.13. The molecule has 25 heavy (non-hydrogen) atoms. The molecule has 9 heteroatoms. The Kier molecular flexibility index (Phi) is 4.91. The highest BCUT2D eigenvalue weighted by Gasteiger charge is 2.11. The van der Waals surface area contributed by atoms with Gasteiger partial charge in [-0.3, -0.25) is 20.6 Å². The van der Waals surface area contributed by atoms with Gasteiger partial charge in [-0.1, -0.05) is 23.7 Å². The molecule has 3 rings (SSSR count). The Bertz CT molecular complexity index is 889. The van der Waals surface area contributed by atoms with Gasteiger partial charge < -0.3 is 11.1 Å². The molecule has 1 amide bonds.